The molecular weight excluding hydrogens is 540 g/mol. The molecule has 0 bridgehead atoms. The van der Waals surface area contributed by atoms with Crippen LogP contribution in [0.15, 0.2) is 97.1 Å². The molecule has 3 heterocycles. The Hall–Kier alpha value is -5.37. The van der Waals surface area contributed by atoms with E-state index in [4.69, 9.17) is 4.74 Å². The first-order valence-corrected chi connectivity index (χ1v) is 14.3. The Bertz CT molecular complexity index is 1860. The Morgan fingerprint density at radius 3 is 2.37 bits per heavy atom. The van der Waals surface area contributed by atoms with Gasteiger partial charge < -0.3 is 15.0 Å². The lowest BCUT2D eigenvalue weighted by Crippen LogP contribution is -2.44. The third-order valence-electron chi connectivity index (χ3n) is 8.44. The minimum Gasteiger partial charge on any atom is -0.497 e. The van der Waals surface area contributed by atoms with Crippen molar-refractivity contribution in [2.45, 2.75) is 32.0 Å². The highest BCUT2D eigenvalue weighted by Gasteiger charge is 2.53. The normalized spacial score (nSPS) is 17.6. The first-order chi connectivity index (χ1) is 20.9. The van der Waals surface area contributed by atoms with E-state index in [9.17, 15) is 14.4 Å². The number of methoxy groups -OCH3 is 1. The molecular formula is C35H30N4O4. The Balaban J connectivity index is 1.19. The van der Waals surface area contributed by atoms with Gasteiger partial charge in [0.2, 0.25) is 0 Å². The number of anilines is 1. The van der Waals surface area contributed by atoms with Crippen molar-refractivity contribution in [3.63, 3.8) is 0 Å². The van der Waals surface area contributed by atoms with Gasteiger partial charge in [-0.3, -0.25) is 14.5 Å². The molecule has 2 atom stereocenters. The summed E-state index contributed by atoms with van der Waals surface area (Å²) in [7, 11) is 1.61. The standard InChI is InChI=1S/C35H30N4O4/c1-21-7-9-22(10-8-21)20-36-33(40)24-11-15-25(16-12-24)38-34(41)30-19-28-27-5-3-4-6-29(27)37-31(28)32(39(30)35(38)42)23-13-17-26(43-2)18-14-23/h3-18,30,32,37H,19-20H2,1-2H3,(H,36,40)/t30-,32+/m0/s1. The highest BCUT2D eigenvalue weighted by Crippen LogP contribution is 2.45. The number of H-pyrrole nitrogens is 1. The molecule has 1 aromatic heterocycles. The summed E-state index contributed by atoms with van der Waals surface area (Å²) in [6.07, 6.45) is 0.409. The molecule has 0 unspecified atom stereocenters. The molecule has 5 aromatic rings. The number of urea groups is 1. The number of imide groups is 1. The number of carbonyl (C=O) groups excluding carboxylic acids is 3. The third-order valence-corrected chi connectivity index (χ3v) is 8.44. The molecule has 1 fully saturated rings. The van der Waals surface area contributed by atoms with Crippen LogP contribution in [0.1, 0.15) is 44.3 Å². The van der Waals surface area contributed by atoms with Crippen LogP contribution in [0.3, 0.4) is 0 Å². The first-order valence-electron chi connectivity index (χ1n) is 14.3. The van der Waals surface area contributed by atoms with Crippen LogP contribution in [-0.4, -0.2) is 40.9 Å². The van der Waals surface area contributed by atoms with E-state index in [0.29, 0.717) is 30.0 Å². The number of ether oxygens (including phenoxy) is 1. The van der Waals surface area contributed by atoms with Crippen molar-refractivity contribution in [1.82, 2.24) is 15.2 Å². The Labute approximate surface area is 248 Å². The van der Waals surface area contributed by atoms with E-state index in [1.165, 1.54) is 4.90 Å². The summed E-state index contributed by atoms with van der Waals surface area (Å²) in [5, 5.41) is 3.98. The van der Waals surface area contributed by atoms with Crippen LogP contribution in [0.25, 0.3) is 10.9 Å². The highest BCUT2D eigenvalue weighted by atomic mass is 16.5. The van der Waals surface area contributed by atoms with Gasteiger partial charge in [-0.05, 0) is 66.1 Å². The molecule has 214 valence electrons. The van der Waals surface area contributed by atoms with E-state index in [1.54, 1.807) is 36.3 Å². The van der Waals surface area contributed by atoms with Gasteiger partial charge >= 0.3 is 6.03 Å². The van der Waals surface area contributed by atoms with Crippen LogP contribution in [-0.2, 0) is 17.8 Å². The van der Waals surface area contributed by atoms with Crippen LogP contribution in [0, 0.1) is 6.92 Å². The maximum absolute atomic E-state index is 14.1. The molecule has 0 aliphatic carbocycles. The van der Waals surface area contributed by atoms with Gasteiger partial charge in [0.1, 0.15) is 17.8 Å². The fraction of sp³-hybridized carbons (Fsp3) is 0.171. The molecule has 4 aromatic carbocycles. The van der Waals surface area contributed by atoms with E-state index in [0.717, 1.165) is 38.9 Å². The largest absolute Gasteiger partial charge is 0.497 e. The van der Waals surface area contributed by atoms with Crippen molar-refractivity contribution < 1.29 is 19.1 Å². The first kappa shape index (κ1) is 26.5. The summed E-state index contributed by atoms with van der Waals surface area (Å²) in [5.41, 5.74) is 6.84. The Morgan fingerprint density at radius 2 is 1.65 bits per heavy atom. The number of aryl methyl sites for hydroxylation is 1. The number of amides is 4. The SMILES string of the molecule is COc1ccc([C@@H]2c3[nH]c4ccccc4c3C[C@H]3C(=O)N(c4ccc(C(=O)NCc5ccc(C)cc5)cc4)C(=O)N23)cc1. The zero-order chi connectivity index (χ0) is 29.7. The number of nitrogens with one attached hydrogen (secondary N) is 2. The molecule has 1 saturated heterocycles. The van der Waals surface area contributed by atoms with Gasteiger partial charge in [0.15, 0.2) is 0 Å². The van der Waals surface area contributed by atoms with Crippen LogP contribution >= 0.6 is 0 Å². The molecule has 2 N–H and O–H groups in total. The molecule has 2 aliphatic rings. The van der Waals surface area contributed by atoms with Gasteiger partial charge in [0.25, 0.3) is 11.8 Å². The van der Waals surface area contributed by atoms with E-state index in [2.05, 4.69) is 10.3 Å². The maximum atomic E-state index is 14.1. The van der Waals surface area contributed by atoms with Crippen LogP contribution < -0.4 is 15.0 Å². The summed E-state index contributed by atoms with van der Waals surface area (Å²) in [4.78, 5) is 47.3. The van der Waals surface area contributed by atoms with Crippen LogP contribution in [0.5, 0.6) is 5.75 Å². The number of aromatic amines is 1. The van der Waals surface area contributed by atoms with Gasteiger partial charge in [-0.1, -0.05) is 60.2 Å². The van der Waals surface area contributed by atoms with Crippen molar-refractivity contribution in [3.8, 4) is 5.75 Å². The number of carbonyl (C=O) groups is 3. The van der Waals surface area contributed by atoms with Gasteiger partial charge in [-0.15, -0.1) is 0 Å². The lowest BCUT2D eigenvalue weighted by atomic mass is 9.89. The molecule has 8 heteroatoms. The number of nitrogens with zero attached hydrogens (tertiary/aromatic N) is 2. The summed E-state index contributed by atoms with van der Waals surface area (Å²) < 4.78 is 5.36. The molecule has 0 spiro atoms. The van der Waals surface area contributed by atoms with Crippen molar-refractivity contribution >= 4 is 34.4 Å². The predicted molar refractivity (Wildman–Crippen MR) is 164 cm³/mol. The predicted octanol–water partition coefficient (Wildman–Crippen LogP) is 5.90. The zero-order valence-corrected chi connectivity index (χ0v) is 23.8. The lowest BCUT2D eigenvalue weighted by molar-refractivity contribution is -0.120. The minimum absolute atomic E-state index is 0.228. The maximum Gasteiger partial charge on any atom is 0.332 e. The summed E-state index contributed by atoms with van der Waals surface area (Å²) in [6.45, 7) is 2.42. The van der Waals surface area contributed by atoms with Gasteiger partial charge in [0.05, 0.1) is 12.8 Å². The molecule has 43 heavy (non-hydrogen) atoms. The second-order valence-electron chi connectivity index (χ2n) is 11.0. The van der Waals surface area contributed by atoms with E-state index >= 15 is 0 Å². The average Bonchev–Trinajstić information content (AvgIpc) is 3.53. The molecule has 4 amide bonds. The quantitative estimate of drug-likeness (QED) is 0.249. The minimum atomic E-state index is -0.663. The molecule has 2 aliphatic heterocycles. The summed E-state index contributed by atoms with van der Waals surface area (Å²) >= 11 is 0. The monoisotopic (exact) mass is 570 g/mol. The van der Waals surface area contributed by atoms with Crippen molar-refractivity contribution in [1.29, 1.82) is 0 Å². The number of hydrogen-bond acceptors (Lipinski definition) is 4. The van der Waals surface area contributed by atoms with E-state index in [1.807, 2.05) is 79.7 Å². The number of rotatable bonds is 6. The zero-order valence-electron chi connectivity index (χ0n) is 23.8. The van der Waals surface area contributed by atoms with E-state index in [-0.39, 0.29) is 11.8 Å². The lowest BCUT2D eigenvalue weighted by Gasteiger charge is -2.36. The number of aromatic nitrogens is 1. The Morgan fingerprint density at radius 1 is 0.930 bits per heavy atom. The number of benzene rings is 4. The van der Waals surface area contributed by atoms with Crippen LogP contribution in [0.4, 0.5) is 10.5 Å². The van der Waals surface area contributed by atoms with Crippen molar-refractivity contribution in [3.05, 3.63) is 131 Å². The van der Waals surface area contributed by atoms with Gasteiger partial charge in [-0.25, -0.2) is 9.69 Å². The smallest absolute Gasteiger partial charge is 0.332 e. The van der Waals surface area contributed by atoms with E-state index < -0.39 is 18.1 Å². The number of fused-ring (bicyclic) bond motifs is 4. The highest BCUT2D eigenvalue weighted by molar-refractivity contribution is 6.22. The number of para-hydroxylation sites is 1. The Kier molecular flexibility index (Phi) is 6.46. The topological polar surface area (TPSA) is 94.7 Å². The van der Waals surface area contributed by atoms with Gasteiger partial charge in [-0.2, -0.15) is 0 Å². The van der Waals surface area contributed by atoms with Crippen molar-refractivity contribution in [2.75, 3.05) is 12.0 Å². The summed E-state index contributed by atoms with van der Waals surface area (Å²) in [5.74, 6) is 0.200. The average molecular weight is 571 g/mol. The molecule has 7 rings (SSSR count). The second-order valence-corrected chi connectivity index (χ2v) is 11.0. The second kappa shape index (κ2) is 10.5. The summed E-state index contributed by atoms with van der Waals surface area (Å²) in [6, 6.07) is 28.7. The van der Waals surface area contributed by atoms with Crippen molar-refractivity contribution in [2.24, 2.45) is 0 Å². The molecule has 8 nitrogen and oxygen atoms in total. The fourth-order valence-electron chi connectivity index (χ4n) is 6.20. The number of hydrogen-bond donors (Lipinski definition) is 2. The van der Waals surface area contributed by atoms with Crippen LogP contribution in [0.2, 0.25) is 0 Å². The van der Waals surface area contributed by atoms with Gasteiger partial charge in [0, 0.05) is 35.1 Å². The molecule has 0 saturated carbocycles. The fourth-order valence-corrected chi connectivity index (χ4v) is 6.20. The molecule has 0 radical (unpaired) electrons. The third kappa shape index (κ3) is 4.52.